The number of hydrogen-bond donors (Lipinski definition) is 0. The molecule has 0 aliphatic heterocycles. The summed E-state index contributed by atoms with van der Waals surface area (Å²) in [6.45, 7) is 4.22. The lowest BCUT2D eigenvalue weighted by atomic mass is 9.63. The first-order valence-electron chi connectivity index (χ1n) is 10.5. The number of ether oxygens (including phenoxy) is 3. The molecule has 0 aromatic rings. The summed E-state index contributed by atoms with van der Waals surface area (Å²) in [6.07, 6.45) is 10.4. The van der Waals surface area contributed by atoms with Gasteiger partial charge in [0.2, 0.25) is 0 Å². The van der Waals surface area contributed by atoms with E-state index in [9.17, 15) is 9.59 Å². The second-order valence-electron chi connectivity index (χ2n) is 7.68. The van der Waals surface area contributed by atoms with Gasteiger partial charge in [-0.3, -0.25) is 4.79 Å². The summed E-state index contributed by atoms with van der Waals surface area (Å²) in [5.41, 5.74) is -1.22. The quantitative estimate of drug-likeness (QED) is 0.599. The Kier molecular flexibility index (Phi) is 8.39. The van der Waals surface area contributed by atoms with E-state index < -0.39 is 11.5 Å². The zero-order chi connectivity index (χ0) is 19.0. The molecular weight excluding hydrogens is 332 g/mol. The van der Waals surface area contributed by atoms with Crippen LogP contribution < -0.4 is 0 Å². The highest BCUT2D eigenvalue weighted by Crippen LogP contribution is 2.47. The van der Waals surface area contributed by atoms with Crippen molar-refractivity contribution in [2.75, 3.05) is 20.3 Å². The topological polar surface area (TPSA) is 61.8 Å². The van der Waals surface area contributed by atoms with Gasteiger partial charge in [0.1, 0.15) is 0 Å². The Morgan fingerprint density at radius 1 is 0.885 bits per heavy atom. The largest absolute Gasteiger partial charge is 0.466 e. The molecule has 2 fully saturated rings. The molecule has 2 aliphatic rings. The first-order valence-corrected chi connectivity index (χ1v) is 10.5. The van der Waals surface area contributed by atoms with E-state index in [4.69, 9.17) is 14.2 Å². The minimum absolute atomic E-state index is 0.0108. The van der Waals surface area contributed by atoms with Crippen LogP contribution in [0.2, 0.25) is 0 Å². The molecule has 0 bridgehead atoms. The molecule has 0 N–H and O–H groups in total. The van der Waals surface area contributed by atoms with E-state index >= 15 is 0 Å². The van der Waals surface area contributed by atoms with E-state index in [1.807, 2.05) is 6.92 Å². The van der Waals surface area contributed by atoms with Crippen LogP contribution in [0.5, 0.6) is 0 Å². The van der Waals surface area contributed by atoms with Crippen LogP contribution in [0.1, 0.15) is 78.1 Å². The first-order chi connectivity index (χ1) is 12.6. The van der Waals surface area contributed by atoms with E-state index in [1.165, 1.54) is 12.8 Å². The monoisotopic (exact) mass is 368 g/mol. The van der Waals surface area contributed by atoms with Crippen molar-refractivity contribution in [1.82, 2.24) is 0 Å². The van der Waals surface area contributed by atoms with Crippen molar-refractivity contribution >= 4 is 11.9 Å². The van der Waals surface area contributed by atoms with Gasteiger partial charge in [-0.25, -0.2) is 4.79 Å². The van der Waals surface area contributed by atoms with Crippen LogP contribution in [0.15, 0.2) is 0 Å². The Labute approximate surface area is 158 Å². The molecule has 26 heavy (non-hydrogen) atoms. The smallest absolute Gasteiger partial charge is 0.339 e. The molecule has 2 unspecified atom stereocenters. The summed E-state index contributed by atoms with van der Waals surface area (Å²) in [5, 5.41) is 0. The Bertz CT molecular complexity index is 451. The molecule has 5 heteroatoms. The van der Waals surface area contributed by atoms with Gasteiger partial charge in [0.15, 0.2) is 5.60 Å². The normalized spacial score (nSPS) is 23.0. The maximum Gasteiger partial charge on any atom is 0.339 e. The third-order valence-electron chi connectivity index (χ3n) is 6.27. The Balaban J connectivity index is 2.46. The highest BCUT2D eigenvalue weighted by Gasteiger charge is 2.59. The maximum absolute atomic E-state index is 13.2. The molecule has 0 spiro atoms. The minimum atomic E-state index is -1.22. The van der Waals surface area contributed by atoms with Gasteiger partial charge < -0.3 is 14.2 Å². The Morgan fingerprint density at radius 2 is 1.42 bits per heavy atom. The molecule has 0 amide bonds. The summed E-state index contributed by atoms with van der Waals surface area (Å²) in [6, 6.07) is 0. The molecule has 2 rings (SSSR count). The predicted molar refractivity (Wildman–Crippen MR) is 99.6 cm³/mol. The van der Waals surface area contributed by atoms with Crippen LogP contribution >= 0.6 is 0 Å². The number of hydrogen-bond acceptors (Lipinski definition) is 5. The average Bonchev–Trinajstić information content (AvgIpc) is 2.67. The number of rotatable bonds is 8. The lowest BCUT2D eigenvalue weighted by molar-refractivity contribution is -0.203. The van der Waals surface area contributed by atoms with E-state index in [0.29, 0.717) is 6.61 Å². The van der Waals surface area contributed by atoms with Crippen LogP contribution in [-0.2, 0) is 23.8 Å². The van der Waals surface area contributed by atoms with Crippen LogP contribution in [0, 0.1) is 17.8 Å². The predicted octanol–water partition coefficient (Wildman–Crippen LogP) is 4.27. The molecule has 0 aromatic heterocycles. The van der Waals surface area contributed by atoms with Gasteiger partial charge >= 0.3 is 11.9 Å². The Morgan fingerprint density at radius 3 is 1.92 bits per heavy atom. The zero-order valence-electron chi connectivity index (χ0n) is 16.8. The van der Waals surface area contributed by atoms with Crippen LogP contribution in [0.3, 0.4) is 0 Å². The summed E-state index contributed by atoms with van der Waals surface area (Å²) >= 11 is 0. The van der Waals surface area contributed by atoms with E-state index in [0.717, 1.165) is 51.4 Å². The van der Waals surface area contributed by atoms with Crippen LogP contribution in [-0.4, -0.2) is 37.9 Å². The summed E-state index contributed by atoms with van der Waals surface area (Å²) in [5.74, 6) is -1.11. The van der Waals surface area contributed by atoms with Crippen molar-refractivity contribution in [3.63, 3.8) is 0 Å². The van der Waals surface area contributed by atoms with E-state index in [-0.39, 0.29) is 30.4 Å². The number of carbonyl (C=O) groups is 2. The van der Waals surface area contributed by atoms with Gasteiger partial charge in [-0.1, -0.05) is 38.5 Å². The summed E-state index contributed by atoms with van der Waals surface area (Å²) in [4.78, 5) is 26.3. The minimum Gasteiger partial charge on any atom is -0.466 e. The van der Waals surface area contributed by atoms with E-state index in [1.54, 1.807) is 14.0 Å². The van der Waals surface area contributed by atoms with Gasteiger partial charge in [0.25, 0.3) is 0 Å². The van der Waals surface area contributed by atoms with Crippen molar-refractivity contribution in [3.05, 3.63) is 0 Å². The van der Waals surface area contributed by atoms with Gasteiger partial charge in [0, 0.05) is 7.11 Å². The molecular formula is C21H36O5. The van der Waals surface area contributed by atoms with Crippen LogP contribution in [0.25, 0.3) is 0 Å². The first kappa shape index (κ1) is 21.2. The highest BCUT2D eigenvalue weighted by atomic mass is 16.6. The molecule has 0 aromatic carbocycles. The molecule has 2 saturated carbocycles. The molecule has 150 valence electrons. The molecule has 0 saturated heterocycles. The number of esters is 2. The lowest BCUT2D eigenvalue weighted by Crippen LogP contribution is -2.60. The lowest BCUT2D eigenvalue weighted by Gasteiger charge is -2.46. The summed E-state index contributed by atoms with van der Waals surface area (Å²) in [7, 11) is 1.57. The highest BCUT2D eigenvalue weighted by molar-refractivity contribution is 5.88. The fourth-order valence-corrected chi connectivity index (χ4v) is 5.12. The van der Waals surface area contributed by atoms with Gasteiger partial charge in [0.05, 0.1) is 19.1 Å². The molecule has 2 atom stereocenters. The number of methoxy groups -OCH3 is 1. The van der Waals surface area contributed by atoms with Crippen molar-refractivity contribution in [3.8, 4) is 0 Å². The van der Waals surface area contributed by atoms with Crippen molar-refractivity contribution in [2.45, 2.75) is 83.7 Å². The second kappa shape index (κ2) is 10.3. The third-order valence-corrected chi connectivity index (χ3v) is 6.27. The van der Waals surface area contributed by atoms with Crippen molar-refractivity contribution < 1.29 is 23.8 Å². The fraction of sp³-hybridized carbons (Fsp3) is 0.905. The SMILES string of the molecule is CCOC(=O)C(C1CCCCC1)C(OC)(C(=O)OCC)C1CCCCC1. The van der Waals surface area contributed by atoms with Gasteiger partial charge in [-0.2, -0.15) is 0 Å². The van der Waals surface area contributed by atoms with Crippen LogP contribution in [0.4, 0.5) is 0 Å². The maximum atomic E-state index is 13.2. The van der Waals surface area contributed by atoms with Crippen molar-refractivity contribution in [1.29, 1.82) is 0 Å². The molecule has 5 nitrogen and oxygen atoms in total. The zero-order valence-corrected chi connectivity index (χ0v) is 16.8. The fourth-order valence-electron chi connectivity index (χ4n) is 5.12. The molecule has 2 aliphatic carbocycles. The standard InChI is InChI=1S/C21H36O5/c1-4-25-19(22)18(16-12-8-6-9-13-16)21(24-3,20(23)26-5-2)17-14-10-7-11-15-17/h16-18H,4-15H2,1-3H3. The van der Waals surface area contributed by atoms with E-state index in [2.05, 4.69) is 0 Å². The number of carbonyl (C=O) groups excluding carboxylic acids is 2. The Hall–Kier alpha value is -1.10. The summed E-state index contributed by atoms with van der Waals surface area (Å²) < 4.78 is 16.9. The molecule has 0 heterocycles. The average molecular weight is 369 g/mol. The van der Waals surface area contributed by atoms with Crippen molar-refractivity contribution in [2.24, 2.45) is 17.8 Å². The van der Waals surface area contributed by atoms with Gasteiger partial charge in [-0.15, -0.1) is 0 Å². The molecule has 0 radical (unpaired) electrons. The third kappa shape index (κ3) is 4.41. The second-order valence-corrected chi connectivity index (χ2v) is 7.68. The van der Waals surface area contributed by atoms with Gasteiger partial charge in [-0.05, 0) is 51.4 Å².